The summed E-state index contributed by atoms with van der Waals surface area (Å²) >= 11 is 0. The molecule has 0 aliphatic carbocycles. The molecule has 0 saturated carbocycles. The number of ether oxygens (including phenoxy) is 1. The fourth-order valence-electron chi connectivity index (χ4n) is 2.10. The number of carbonyl (C=O) groups excluding carboxylic acids is 2. The number of rotatable bonds is 5. The van der Waals surface area contributed by atoms with E-state index in [0.717, 1.165) is 32.2 Å². The van der Waals surface area contributed by atoms with Crippen molar-refractivity contribution in [1.82, 2.24) is 10.2 Å². The van der Waals surface area contributed by atoms with Crippen LogP contribution >= 0.6 is 0 Å². The quantitative estimate of drug-likeness (QED) is 0.602. The fraction of sp³-hybridized carbons (Fsp3) is 0.846. The average molecular weight is 256 g/mol. The molecule has 2 amide bonds. The molecule has 0 aromatic carbocycles. The molecule has 1 aliphatic rings. The van der Waals surface area contributed by atoms with Gasteiger partial charge in [0.25, 0.3) is 0 Å². The molecule has 1 heterocycles. The standard InChI is InChI=1S/C13H24N2O3/c1-3-5-8-14-13(17)15-9-6-7-11(10-15)12(16)18-4-2/h11H,3-10H2,1-2H3,(H,14,17)/t11-/m1/s1. The smallest absolute Gasteiger partial charge is 0.317 e. The first-order chi connectivity index (χ1) is 8.69. The first-order valence-corrected chi connectivity index (χ1v) is 6.88. The Morgan fingerprint density at radius 1 is 1.39 bits per heavy atom. The van der Waals surface area contributed by atoms with Crippen LogP contribution < -0.4 is 5.32 Å². The lowest BCUT2D eigenvalue weighted by Crippen LogP contribution is -2.47. The number of nitrogens with one attached hydrogen (secondary N) is 1. The summed E-state index contributed by atoms with van der Waals surface area (Å²) in [6, 6.07) is -0.0579. The minimum atomic E-state index is -0.177. The van der Waals surface area contributed by atoms with Crippen molar-refractivity contribution in [3.8, 4) is 0 Å². The molecule has 104 valence electrons. The highest BCUT2D eigenvalue weighted by molar-refractivity contribution is 5.77. The van der Waals surface area contributed by atoms with Crippen LogP contribution in [0.25, 0.3) is 0 Å². The summed E-state index contributed by atoms with van der Waals surface area (Å²) < 4.78 is 5.01. The maximum absolute atomic E-state index is 11.9. The summed E-state index contributed by atoms with van der Waals surface area (Å²) in [6.07, 6.45) is 3.73. The summed E-state index contributed by atoms with van der Waals surface area (Å²) in [4.78, 5) is 25.2. The van der Waals surface area contributed by atoms with Crippen LogP contribution in [0.4, 0.5) is 4.79 Å². The number of esters is 1. The largest absolute Gasteiger partial charge is 0.466 e. The molecule has 1 fully saturated rings. The van der Waals surface area contributed by atoms with Gasteiger partial charge in [-0.1, -0.05) is 13.3 Å². The minimum absolute atomic E-state index is 0.0579. The third-order valence-corrected chi connectivity index (χ3v) is 3.14. The van der Waals surface area contributed by atoms with E-state index in [2.05, 4.69) is 12.2 Å². The molecule has 1 rings (SSSR count). The van der Waals surface area contributed by atoms with Crippen LogP contribution in [0, 0.1) is 5.92 Å². The number of amides is 2. The Kier molecular flexibility index (Phi) is 6.54. The van der Waals surface area contributed by atoms with Gasteiger partial charge in [0.05, 0.1) is 12.5 Å². The molecule has 1 saturated heterocycles. The topological polar surface area (TPSA) is 58.6 Å². The number of hydrogen-bond donors (Lipinski definition) is 1. The van der Waals surface area contributed by atoms with E-state index in [4.69, 9.17) is 4.74 Å². The van der Waals surface area contributed by atoms with Crippen molar-refractivity contribution in [2.24, 2.45) is 5.92 Å². The monoisotopic (exact) mass is 256 g/mol. The highest BCUT2D eigenvalue weighted by Gasteiger charge is 2.29. The van der Waals surface area contributed by atoms with Crippen molar-refractivity contribution in [3.05, 3.63) is 0 Å². The third kappa shape index (κ3) is 4.55. The molecular weight excluding hydrogens is 232 g/mol. The molecule has 0 spiro atoms. The van der Waals surface area contributed by atoms with Gasteiger partial charge in [-0.15, -0.1) is 0 Å². The van der Waals surface area contributed by atoms with E-state index >= 15 is 0 Å². The maximum atomic E-state index is 11.9. The first kappa shape index (κ1) is 14.8. The number of nitrogens with zero attached hydrogens (tertiary/aromatic N) is 1. The van der Waals surface area contributed by atoms with E-state index in [1.807, 2.05) is 0 Å². The number of hydrogen-bond acceptors (Lipinski definition) is 3. The maximum Gasteiger partial charge on any atom is 0.317 e. The summed E-state index contributed by atoms with van der Waals surface area (Å²) in [5, 5.41) is 2.88. The zero-order valence-electron chi connectivity index (χ0n) is 11.4. The Morgan fingerprint density at radius 3 is 2.83 bits per heavy atom. The lowest BCUT2D eigenvalue weighted by Gasteiger charge is -2.31. The van der Waals surface area contributed by atoms with Gasteiger partial charge in [-0.25, -0.2) is 4.79 Å². The van der Waals surface area contributed by atoms with Crippen LogP contribution in [0.15, 0.2) is 0 Å². The van der Waals surface area contributed by atoms with Crippen LogP contribution in [-0.4, -0.2) is 43.1 Å². The number of likely N-dealkylation sites (tertiary alicyclic amines) is 1. The fourth-order valence-corrected chi connectivity index (χ4v) is 2.10. The Hall–Kier alpha value is -1.26. The Bertz CT molecular complexity index is 281. The van der Waals surface area contributed by atoms with Gasteiger partial charge in [0.1, 0.15) is 0 Å². The molecule has 0 bridgehead atoms. The Balaban J connectivity index is 2.38. The normalized spacial score (nSPS) is 19.4. The van der Waals surface area contributed by atoms with Crippen molar-refractivity contribution in [2.75, 3.05) is 26.2 Å². The lowest BCUT2D eigenvalue weighted by molar-refractivity contribution is -0.149. The minimum Gasteiger partial charge on any atom is -0.466 e. The van der Waals surface area contributed by atoms with Crippen molar-refractivity contribution < 1.29 is 14.3 Å². The number of carbonyl (C=O) groups is 2. The van der Waals surface area contributed by atoms with Gasteiger partial charge in [-0.05, 0) is 26.2 Å². The van der Waals surface area contributed by atoms with Crippen LogP contribution in [0.3, 0.4) is 0 Å². The molecule has 0 radical (unpaired) electrons. The van der Waals surface area contributed by atoms with E-state index < -0.39 is 0 Å². The summed E-state index contributed by atoms with van der Waals surface area (Å²) in [6.45, 7) is 6.21. The lowest BCUT2D eigenvalue weighted by atomic mass is 9.98. The predicted molar refractivity (Wildman–Crippen MR) is 69.2 cm³/mol. The van der Waals surface area contributed by atoms with Gasteiger partial charge in [-0.2, -0.15) is 0 Å². The highest BCUT2D eigenvalue weighted by atomic mass is 16.5. The van der Waals surface area contributed by atoms with Crippen LogP contribution in [0.2, 0.25) is 0 Å². The summed E-state index contributed by atoms with van der Waals surface area (Å²) in [7, 11) is 0. The second-order valence-corrected chi connectivity index (χ2v) is 4.62. The van der Waals surface area contributed by atoms with Gasteiger partial charge < -0.3 is 15.0 Å². The zero-order valence-corrected chi connectivity index (χ0v) is 11.4. The molecule has 1 atom stereocenters. The van der Waals surface area contributed by atoms with Gasteiger partial charge in [-0.3, -0.25) is 4.79 Å². The summed E-state index contributed by atoms with van der Waals surface area (Å²) in [5.41, 5.74) is 0. The molecule has 5 heteroatoms. The van der Waals surface area contributed by atoms with E-state index in [0.29, 0.717) is 19.7 Å². The van der Waals surface area contributed by atoms with Crippen molar-refractivity contribution in [3.63, 3.8) is 0 Å². The van der Waals surface area contributed by atoms with Gasteiger partial charge in [0.2, 0.25) is 0 Å². The van der Waals surface area contributed by atoms with Gasteiger partial charge in [0.15, 0.2) is 0 Å². The number of unbranched alkanes of at least 4 members (excludes halogenated alkanes) is 1. The molecule has 0 aromatic rings. The van der Waals surface area contributed by atoms with E-state index in [9.17, 15) is 9.59 Å². The zero-order chi connectivity index (χ0) is 13.4. The van der Waals surface area contributed by atoms with Crippen LogP contribution in [0.5, 0.6) is 0 Å². The average Bonchev–Trinajstić information content (AvgIpc) is 2.39. The Morgan fingerprint density at radius 2 is 2.17 bits per heavy atom. The van der Waals surface area contributed by atoms with Crippen LogP contribution in [-0.2, 0) is 9.53 Å². The second-order valence-electron chi connectivity index (χ2n) is 4.62. The van der Waals surface area contributed by atoms with E-state index in [-0.39, 0.29) is 17.9 Å². The van der Waals surface area contributed by atoms with Crippen molar-refractivity contribution >= 4 is 12.0 Å². The predicted octanol–water partition coefficient (Wildman–Crippen LogP) is 1.77. The number of piperidine rings is 1. The molecule has 0 aromatic heterocycles. The van der Waals surface area contributed by atoms with E-state index in [1.54, 1.807) is 11.8 Å². The number of urea groups is 1. The Labute approximate surface area is 109 Å². The molecule has 1 N–H and O–H groups in total. The first-order valence-electron chi connectivity index (χ1n) is 6.88. The van der Waals surface area contributed by atoms with Crippen molar-refractivity contribution in [2.45, 2.75) is 39.5 Å². The highest BCUT2D eigenvalue weighted by Crippen LogP contribution is 2.17. The van der Waals surface area contributed by atoms with Gasteiger partial charge >= 0.3 is 12.0 Å². The summed E-state index contributed by atoms with van der Waals surface area (Å²) in [5.74, 6) is -0.334. The molecular formula is C13H24N2O3. The molecule has 5 nitrogen and oxygen atoms in total. The molecule has 18 heavy (non-hydrogen) atoms. The third-order valence-electron chi connectivity index (χ3n) is 3.14. The van der Waals surface area contributed by atoms with Crippen LogP contribution in [0.1, 0.15) is 39.5 Å². The van der Waals surface area contributed by atoms with E-state index in [1.165, 1.54) is 0 Å². The van der Waals surface area contributed by atoms with Gasteiger partial charge in [0, 0.05) is 19.6 Å². The van der Waals surface area contributed by atoms with Crippen molar-refractivity contribution in [1.29, 1.82) is 0 Å². The molecule has 1 aliphatic heterocycles. The SMILES string of the molecule is CCCCNC(=O)N1CCC[C@@H](C(=O)OCC)C1. The second kappa shape index (κ2) is 7.95. The molecule has 0 unspecified atom stereocenters.